The van der Waals surface area contributed by atoms with E-state index in [0.717, 1.165) is 12.8 Å². The largest absolute Gasteiger partial charge is 0.452 e. The zero-order chi connectivity index (χ0) is 16.1. The molecule has 0 radical (unpaired) electrons. The number of hydrogen-bond donors (Lipinski definition) is 1. The summed E-state index contributed by atoms with van der Waals surface area (Å²) in [6.07, 6.45) is 1.98. The Morgan fingerprint density at radius 3 is 2.50 bits per heavy atom. The van der Waals surface area contributed by atoms with Gasteiger partial charge in [-0.25, -0.2) is 4.79 Å². The van der Waals surface area contributed by atoms with Crippen LogP contribution in [0.15, 0.2) is 24.3 Å². The van der Waals surface area contributed by atoms with Gasteiger partial charge in [0, 0.05) is 18.1 Å². The standard InChI is InChI=1S/C15H17ClN2O4/c1-18(8-13(19)17-12-6-7-12)14(20)9-22-15(21)10-2-4-11(16)5-3-10/h2-5,12H,6-9H2,1H3,(H,17,19). The van der Waals surface area contributed by atoms with E-state index in [4.69, 9.17) is 16.3 Å². The second-order valence-electron chi connectivity index (χ2n) is 5.17. The van der Waals surface area contributed by atoms with Crippen LogP contribution in [0.1, 0.15) is 23.2 Å². The second-order valence-corrected chi connectivity index (χ2v) is 5.61. The van der Waals surface area contributed by atoms with Crippen molar-refractivity contribution in [1.29, 1.82) is 0 Å². The minimum absolute atomic E-state index is 0.0478. The molecule has 0 heterocycles. The third-order valence-corrected chi connectivity index (χ3v) is 3.41. The van der Waals surface area contributed by atoms with Gasteiger partial charge in [0.2, 0.25) is 5.91 Å². The number of esters is 1. The third kappa shape index (κ3) is 5.04. The Labute approximate surface area is 133 Å². The van der Waals surface area contributed by atoms with Crippen LogP contribution in [0.5, 0.6) is 0 Å². The zero-order valence-electron chi connectivity index (χ0n) is 12.2. The number of carbonyl (C=O) groups is 3. The molecule has 1 saturated carbocycles. The quantitative estimate of drug-likeness (QED) is 0.799. The molecule has 0 aliphatic heterocycles. The predicted octanol–water partition coefficient (Wildman–Crippen LogP) is 1.23. The molecule has 0 unspecified atom stereocenters. The Bertz CT molecular complexity index is 569. The Hall–Kier alpha value is -2.08. The highest BCUT2D eigenvalue weighted by Crippen LogP contribution is 2.18. The van der Waals surface area contributed by atoms with Crippen LogP contribution < -0.4 is 5.32 Å². The molecule has 2 amide bonds. The van der Waals surface area contributed by atoms with Crippen LogP contribution >= 0.6 is 11.6 Å². The molecule has 22 heavy (non-hydrogen) atoms. The van der Waals surface area contributed by atoms with E-state index >= 15 is 0 Å². The van der Waals surface area contributed by atoms with Gasteiger partial charge < -0.3 is 15.0 Å². The number of ether oxygens (including phenoxy) is 1. The number of nitrogens with one attached hydrogen (secondary N) is 1. The molecular formula is C15H17ClN2O4. The molecule has 0 bridgehead atoms. The molecule has 1 aromatic carbocycles. The van der Waals surface area contributed by atoms with Crippen molar-refractivity contribution in [1.82, 2.24) is 10.2 Å². The van der Waals surface area contributed by atoms with Crippen LogP contribution in [0.25, 0.3) is 0 Å². The number of likely N-dealkylation sites (N-methyl/N-ethyl adjacent to an activating group) is 1. The first-order valence-corrected chi connectivity index (χ1v) is 7.29. The second kappa shape index (κ2) is 7.26. The van der Waals surface area contributed by atoms with Gasteiger partial charge in [-0.1, -0.05) is 11.6 Å². The highest BCUT2D eigenvalue weighted by atomic mass is 35.5. The molecule has 1 aliphatic rings. The van der Waals surface area contributed by atoms with E-state index in [1.54, 1.807) is 12.1 Å². The highest BCUT2D eigenvalue weighted by molar-refractivity contribution is 6.30. The fourth-order valence-corrected chi connectivity index (χ4v) is 1.84. The Morgan fingerprint density at radius 2 is 1.91 bits per heavy atom. The van der Waals surface area contributed by atoms with Gasteiger partial charge in [-0.3, -0.25) is 9.59 Å². The van der Waals surface area contributed by atoms with Crippen molar-refractivity contribution in [3.05, 3.63) is 34.9 Å². The fraction of sp³-hybridized carbons (Fsp3) is 0.400. The summed E-state index contributed by atoms with van der Waals surface area (Å²) in [5.41, 5.74) is 0.311. The third-order valence-electron chi connectivity index (χ3n) is 3.16. The molecule has 0 atom stereocenters. The first kappa shape index (κ1) is 16.3. The maximum Gasteiger partial charge on any atom is 0.338 e. The summed E-state index contributed by atoms with van der Waals surface area (Å²) in [6, 6.07) is 6.41. The van der Waals surface area contributed by atoms with Crippen LogP contribution in [0.3, 0.4) is 0 Å². The Morgan fingerprint density at radius 1 is 1.27 bits per heavy atom. The summed E-state index contributed by atoms with van der Waals surface area (Å²) in [4.78, 5) is 36.4. The SMILES string of the molecule is CN(CC(=O)NC1CC1)C(=O)COC(=O)c1ccc(Cl)cc1. The lowest BCUT2D eigenvalue weighted by Crippen LogP contribution is -2.40. The smallest absolute Gasteiger partial charge is 0.338 e. The van der Waals surface area contributed by atoms with Gasteiger partial charge in [0.1, 0.15) is 0 Å². The molecule has 0 saturated heterocycles. The van der Waals surface area contributed by atoms with E-state index in [0.29, 0.717) is 10.6 Å². The van der Waals surface area contributed by atoms with Crippen molar-refractivity contribution in [2.75, 3.05) is 20.2 Å². The number of nitrogens with zero attached hydrogens (tertiary/aromatic N) is 1. The van der Waals surface area contributed by atoms with Crippen LogP contribution in [0.2, 0.25) is 5.02 Å². The summed E-state index contributed by atoms with van der Waals surface area (Å²) in [7, 11) is 1.49. The first-order valence-electron chi connectivity index (χ1n) is 6.91. The summed E-state index contributed by atoms with van der Waals surface area (Å²) >= 11 is 5.72. The monoisotopic (exact) mass is 324 g/mol. The molecule has 0 aromatic heterocycles. The van der Waals surface area contributed by atoms with Gasteiger partial charge in [-0.05, 0) is 37.1 Å². The number of carbonyl (C=O) groups excluding carboxylic acids is 3. The van der Waals surface area contributed by atoms with Crippen LogP contribution in [-0.4, -0.2) is 48.9 Å². The number of halogens is 1. The van der Waals surface area contributed by atoms with E-state index in [-0.39, 0.29) is 18.5 Å². The van der Waals surface area contributed by atoms with Crippen LogP contribution in [0.4, 0.5) is 0 Å². The molecular weight excluding hydrogens is 308 g/mol. The Kier molecular flexibility index (Phi) is 5.38. The average molecular weight is 325 g/mol. The van der Waals surface area contributed by atoms with Crippen molar-refractivity contribution < 1.29 is 19.1 Å². The van der Waals surface area contributed by atoms with Gasteiger partial charge in [0.25, 0.3) is 5.91 Å². The molecule has 2 rings (SSSR count). The summed E-state index contributed by atoms with van der Waals surface area (Å²) in [6.45, 7) is -0.456. The fourth-order valence-electron chi connectivity index (χ4n) is 1.71. The molecule has 0 spiro atoms. The van der Waals surface area contributed by atoms with E-state index in [9.17, 15) is 14.4 Å². The van der Waals surface area contributed by atoms with E-state index in [2.05, 4.69) is 5.32 Å². The number of benzene rings is 1. The molecule has 1 N–H and O–H groups in total. The number of amides is 2. The topological polar surface area (TPSA) is 75.7 Å². The molecule has 1 aromatic rings. The summed E-state index contributed by atoms with van der Waals surface area (Å²) in [5, 5.41) is 3.29. The van der Waals surface area contributed by atoms with E-state index in [1.807, 2.05) is 0 Å². The maximum absolute atomic E-state index is 11.8. The maximum atomic E-state index is 11.8. The van der Waals surface area contributed by atoms with Gasteiger partial charge in [0.15, 0.2) is 6.61 Å². The first-order chi connectivity index (χ1) is 10.5. The lowest BCUT2D eigenvalue weighted by molar-refractivity contribution is -0.137. The van der Waals surface area contributed by atoms with Crippen molar-refractivity contribution in [3.8, 4) is 0 Å². The highest BCUT2D eigenvalue weighted by Gasteiger charge is 2.24. The minimum Gasteiger partial charge on any atom is -0.452 e. The van der Waals surface area contributed by atoms with Gasteiger partial charge >= 0.3 is 5.97 Å². The van der Waals surface area contributed by atoms with Crippen LogP contribution in [-0.2, 0) is 14.3 Å². The average Bonchev–Trinajstić information content (AvgIpc) is 3.28. The molecule has 1 aliphatic carbocycles. The number of rotatable bonds is 6. The summed E-state index contributed by atoms with van der Waals surface area (Å²) in [5.74, 6) is -1.25. The van der Waals surface area contributed by atoms with Gasteiger partial charge in [0.05, 0.1) is 12.1 Å². The molecule has 118 valence electrons. The lowest BCUT2D eigenvalue weighted by atomic mass is 10.2. The lowest BCUT2D eigenvalue weighted by Gasteiger charge is -2.16. The minimum atomic E-state index is -0.610. The molecule has 6 nitrogen and oxygen atoms in total. The van der Waals surface area contributed by atoms with Crippen molar-refractivity contribution >= 4 is 29.4 Å². The molecule has 1 fully saturated rings. The van der Waals surface area contributed by atoms with E-state index < -0.39 is 18.5 Å². The van der Waals surface area contributed by atoms with Crippen molar-refractivity contribution in [2.24, 2.45) is 0 Å². The zero-order valence-corrected chi connectivity index (χ0v) is 12.9. The van der Waals surface area contributed by atoms with Gasteiger partial charge in [-0.15, -0.1) is 0 Å². The van der Waals surface area contributed by atoms with Crippen LogP contribution in [0, 0.1) is 0 Å². The Balaban J connectivity index is 1.74. The molecule has 7 heteroatoms. The van der Waals surface area contributed by atoms with Gasteiger partial charge in [-0.2, -0.15) is 0 Å². The normalized spacial score (nSPS) is 13.4. The number of hydrogen-bond acceptors (Lipinski definition) is 4. The summed E-state index contributed by atoms with van der Waals surface area (Å²) < 4.78 is 4.92. The van der Waals surface area contributed by atoms with Crippen molar-refractivity contribution in [2.45, 2.75) is 18.9 Å². The van der Waals surface area contributed by atoms with Crippen molar-refractivity contribution in [3.63, 3.8) is 0 Å². The van der Waals surface area contributed by atoms with E-state index in [1.165, 1.54) is 24.1 Å². The predicted molar refractivity (Wildman–Crippen MR) is 80.5 cm³/mol.